The monoisotopic (exact) mass is 332 g/mol. The topological polar surface area (TPSA) is 0 Å². The van der Waals surface area contributed by atoms with E-state index in [9.17, 15) is 0 Å². The zero-order valence-electron chi connectivity index (χ0n) is 16.8. The molecule has 0 aromatic rings. The van der Waals surface area contributed by atoms with Gasteiger partial charge in [-0.2, -0.15) is 0 Å². The molecule has 0 radical (unpaired) electrons. The highest BCUT2D eigenvalue weighted by molar-refractivity contribution is 5.03. The van der Waals surface area contributed by atoms with Crippen LogP contribution in [0.1, 0.15) is 117 Å². The summed E-state index contributed by atoms with van der Waals surface area (Å²) in [7, 11) is 0. The lowest BCUT2D eigenvalue weighted by Gasteiger charge is -2.27. The van der Waals surface area contributed by atoms with Gasteiger partial charge in [0.05, 0.1) is 0 Å². The Kier molecular flexibility index (Phi) is 13.3. The highest BCUT2D eigenvalue weighted by atomic mass is 14.2. The van der Waals surface area contributed by atoms with E-state index in [0.717, 1.165) is 11.8 Å². The summed E-state index contributed by atoms with van der Waals surface area (Å²) in [5.41, 5.74) is 1.55. The Balaban J connectivity index is 1.82. The van der Waals surface area contributed by atoms with Crippen molar-refractivity contribution >= 4 is 0 Å². The summed E-state index contributed by atoms with van der Waals surface area (Å²) < 4.78 is 0. The first kappa shape index (κ1) is 21.5. The van der Waals surface area contributed by atoms with Crippen molar-refractivity contribution in [2.75, 3.05) is 0 Å². The Morgan fingerprint density at radius 3 is 2.38 bits per heavy atom. The Morgan fingerprint density at radius 1 is 0.958 bits per heavy atom. The molecule has 1 aliphatic carbocycles. The van der Waals surface area contributed by atoms with Crippen LogP contribution in [0.3, 0.4) is 0 Å². The van der Waals surface area contributed by atoms with Crippen molar-refractivity contribution in [1.29, 1.82) is 0 Å². The molecular weight excluding hydrogens is 288 g/mol. The third-order valence-electron chi connectivity index (χ3n) is 5.81. The lowest BCUT2D eigenvalue weighted by atomic mass is 9.78. The van der Waals surface area contributed by atoms with E-state index in [1.165, 1.54) is 103 Å². The van der Waals surface area contributed by atoms with E-state index in [1.807, 2.05) is 0 Å². The molecule has 1 rings (SSSR count). The summed E-state index contributed by atoms with van der Waals surface area (Å²) in [5, 5.41) is 0. The van der Waals surface area contributed by atoms with Crippen molar-refractivity contribution in [2.24, 2.45) is 11.8 Å². The van der Waals surface area contributed by atoms with Crippen LogP contribution in [0.5, 0.6) is 0 Å². The van der Waals surface area contributed by atoms with Gasteiger partial charge in [0.2, 0.25) is 0 Å². The maximum Gasteiger partial charge on any atom is -0.0206 e. The molecule has 0 heteroatoms. The molecule has 140 valence electrons. The fourth-order valence-corrected chi connectivity index (χ4v) is 3.65. The SMILES string of the molecule is C=C(CCCCCCCC(C)CC=CCCCCCC)C1CCC1. The van der Waals surface area contributed by atoms with E-state index < -0.39 is 0 Å². The van der Waals surface area contributed by atoms with Gasteiger partial charge in [0.25, 0.3) is 0 Å². The lowest BCUT2D eigenvalue weighted by molar-refractivity contribution is 0.357. The van der Waals surface area contributed by atoms with E-state index in [1.54, 1.807) is 5.57 Å². The highest BCUT2D eigenvalue weighted by Crippen LogP contribution is 2.34. The van der Waals surface area contributed by atoms with Gasteiger partial charge in [0.15, 0.2) is 0 Å². The normalized spacial score (nSPS) is 16.4. The van der Waals surface area contributed by atoms with E-state index >= 15 is 0 Å². The van der Waals surface area contributed by atoms with Gasteiger partial charge >= 0.3 is 0 Å². The van der Waals surface area contributed by atoms with Crippen LogP contribution in [0.25, 0.3) is 0 Å². The summed E-state index contributed by atoms with van der Waals surface area (Å²) in [6, 6.07) is 0. The molecule has 1 atom stereocenters. The number of rotatable bonds is 16. The molecule has 24 heavy (non-hydrogen) atoms. The van der Waals surface area contributed by atoms with E-state index in [4.69, 9.17) is 0 Å². The van der Waals surface area contributed by atoms with Crippen LogP contribution in [-0.4, -0.2) is 0 Å². The maximum absolute atomic E-state index is 4.28. The summed E-state index contributed by atoms with van der Waals surface area (Å²) in [6.45, 7) is 8.99. The summed E-state index contributed by atoms with van der Waals surface area (Å²) in [4.78, 5) is 0. The second-order valence-electron chi connectivity index (χ2n) is 8.25. The standard InChI is InChI=1S/C24H44/c1-4-5-6-7-8-10-13-17-22(2)18-14-11-9-12-15-19-23(3)24-20-16-21-24/h10,13,22,24H,3-9,11-12,14-21H2,1-2H3. The predicted octanol–water partition coefficient (Wildman–Crippen LogP) is 8.63. The molecule has 0 spiro atoms. The predicted molar refractivity (Wildman–Crippen MR) is 110 cm³/mol. The molecule has 1 saturated carbocycles. The first-order valence-corrected chi connectivity index (χ1v) is 11.1. The Morgan fingerprint density at radius 2 is 1.67 bits per heavy atom. The first-order chi connectivity index (χ1) is 11.7. The van der Waals surface area contributed by atoms with Gasteiger partial charge in [-0.05, 0) is 56.8 Å². The Labute approximate surface area is 153 Å². The zero-order valence-corrected chi connectivity index (χ0v) is 16.8. The number of allylic oxidation sites excluding steroid dienone is 3. The highest BCUT2D eigenvalue weighted by Gasteiger charge is 2.19. The zero-order chi connectivity index (χ0) is 17.5. The first-order valence-electron chi connectivity index (χ1n) is 11.1. The van der Waals surface area contributed by atoms with Gasteiger partial charge in [-0.3, -0.25) is 0 Å². The van der Waals surface area contributed by atoms with Crippen molar-refractivity contribution < 1.29 is 0 Å². The minimum atomic E-state index is 0.871. The van der Waals surface area contributed by atoms with Gasteiger partial charge in [0, 0.05) is 0 Å². The molecule has 0 aromatic heterocycles. The van der Waals surface area contributed by atoms with Gasteiger partial charge in [0.1, 0.15) is 0 Å². The molecule has 0 saturated heterocycles. The minimum absolute atomic E-state index is 0.871. The van der Waals surface area contributed by atoms with E-state index in [0.29, 0.717) is 0 Å². The largest absolute Gasteiger partial charge is 0.0996 e. The second kappa shape index (κ2) is 14.8. The molecule has 0 heterocycles. The molecule has 1 aliphatic rings. The van der Waals surface area contributed by atoms with E-state index in [-0.39, 0.29) is 0 Å². The van der Waals surface area contributed by atoms with Crippen LogP contribution in [0, 0.1) is 11.8 Å². The van der Waals surface area contributed by atoms with Gasteiger partial charge in [-0.1, -0.05) is 95.9 Å². The lowest BCUT2D eigenvalue weighted by Crippen LogP contribution is -2.12. The molecule has 0 N–H and O–H groups in total. The average molecular weight is 333 g/mol. The van der Waals surface area contributed by atoms with Crippen molar-refractivity contribution in [3.8, 4) is 0 Å². The van der Waals surface area contributed by atoms with Crippen LogP contribution in [0.15, 0.2) is 24.3 Å². The Hall–Kier alpha value is -0.520. The molecule has 0 aliphatic heterocycles. The fraction of sp³-hybridized carbons (Fsp3) is 0.833. The Bertz CT molecular complexity index is 321. The summed E-state index contributed by atoms with van der Waals surface area (Å²) in [6.07, 6.45) is 27.0. The minimum Gasteiger partial charge on any atom is -0.0996 e. The molecule has 1 unspecified atom stereocenters. The van der Waals surface area contributed by atoms with Gasteiger partial charge in [-0.25, -0.2) is 0 Å². The molecule has 1 fully saturated rings. The van der Waals surface area contributed by atoms with Crippen LogP contribution in [0.4, 0.5) is 0 Å². The molecular formula is C24H44. The van der Waals surface area contributed by atoms with Crippen LogP contribution in [-0.2, 0) is 0 Å². The average Bonchev–Trinajstić information content (AvgIpc) is 2.51. The van der Waals surface area contributed by atoms with Crippen LogP contribution in [0.2, 0.25) is 0 Å². The number of unbranched alkanes of at least 4 members (excludes halogenated alkanes) is 8. The van der Waals surface area contributed by atoms with Crippen molar-refractivity contribution in [3.63, 3.8) is 0 Å². The molecule has 0 amide bonds. The molecule has 0 bridgehead atoms. The summed E-state index contributed by atoms with van der Waals surface area (Å²) in [5.74, 6) is 1.76. The third-order valence-corrected chi connectivity index (χ3v) is 5.81. The van der Waals surface area contributed by atoms with Gasteiger partial charge < -0.3 is 0 Å². The van der Waals surface area contributed by atoms with Crippen molar-refractivity contribution in [1.82, 2.24) is 0 Å². The molecule has 0 aromatic carbocycles. The van der Waals surface area contributed by atoms with Crippen molar-refractivity contribution in [2.45, 2.75) is 117 Å². The van der Waals surface area contributed by atoms with Crippen molar-refractivity contribution in [3.05, 3.63) is 24.3 Å². The molecule has 0 nitrogen and oxygen atoms in total. The number of hydrogen-bond acceptors (Lipinski definition) is 0. The van der Waals surface area contributed by atoms with Crippen LogP contribution < -0.4 is 0 Å². The van der Waals surface area contributed by atoms with Gasteiger partial charge in [-0.15, -0.1) is 0 Å². The van der Waals surface area contributed by atoms with E-state index in [2.05, 4.69) is 32.6 Å². The maximum atomic E-state index is 4.28. The fourth-order valence-electron chi connectivity index (χ4n) is 3.65. The number of hydrogen-bond donors (Lipinski definition) is 0. The second-order valence-corrected chi connectivity index (χ2v) is 8.25. The quantitative estimate of drug-likeness (QED) is 0.196. The smallest absolute Gasteiger partial charge is 0.0206 e. The summed E-state index contributed by atoms with van der Waals surface area (Å²) >= 11 is 0. The third kappa shape index (κ3) is 11.1. The van der Waals surface area contributed by atoms with Crippen LogP contribution >= 0.6 is 0 Å².